The number of hydrogen-bond donors (Lipinski definition) is 1. The maximum atomic E-state index is 10.5. The summed E-state index contributed by atoms with van der Waals surface area (Å²) in [6, 6.07) is 6.46. The van der Waals surface area contributed by atoms with E-state index < -0.39 is 6.10 Å². The fraction of sp³-hybridized carbons (Fsp3) is 0.739. The largest absolute Gasteiger partial charge is 0.491 e. The van der Waals surface area contributed by atoms with Crippen molar-refractivity contribution in [3.63, 3.8) is 0 Å². The second-order valence-electron chi connectivity index (χ2n) is 10.2. The highest BCUT2D eigenvalue weighted by molar-refractivity contribution is 5.43. The second kappa shape index (κ2) is 8.50. The van der Waals surface area contributed by atoms with Gasteiger partial charge in [-0.2, -0.15) is 0 Å². The Balaban J connectivity index is 2.04. The van der Waals surface area contributed by atoms with E-state index in [0.717, 1.165) is 18.8 Å². The minimum atomic E-state index is -0.516. The summed E-state index contributed by atoms with van der Waals surface area (Å²) >= 11 is 0. The van der Waals surface area contributed by atoms with Crippen LogP contribution in [-0.4, -0.2) is 54.6 Å². The molecule has 1 aliphatic heterocycles. The van der Waals surface area contributed by atoms with Crippen LogP contribution in [0, 0.1) is 0 Å². The summed E-state index contributed by atoms with van der Waals surface area (Å²) in [4.78, 5) is 2.26. The van der Waals surface area contributed by atoms with Crippen LogP contribution in [0.3, 0.4) is 0 Å². The van der Waals surface area contributed by atoms with Gasteiger partial charge in [0.25, 0.3) is 0 Å². The van der Waals surface area contributed by atoms with Gasteiger partial charge >= 0.3 is 0 Å². The quantitative estimate of drug-likeness (QED) is 0.838. The van der Waals surface area contributed by atoms with E-state index in [1.807, 2.05) is 0 Å². The predicted octanol–water partition coefficient (Wildman–Crippen LogP) is 4.13. The lowest BCUT2D eigenvalue weighted by atomic mass is 9.80. The van der Waals surface area contributed by atoms with Crippen LogP contribution in [0.1, 0.15) is 66.5 Å². The molecule has 2 rings (SSSR count). The minimum absolute atomic E-state index is 0.0172. The maximum Gasteiger partial charge on any atom is 0.123 e. The molecule has 0 radical (unpaired) electrons. The molecule has 0 saturated carbocycles. The van der Waals surface area contributed by atoms with Crippen molar-refractivity contribution in [2.24, 2.45) is 0 Å². The molecule has 4 nitrogen and oxygen atoms in total. The number of aliphatic hydroxyl groups excluding tert-OH is 1. The van der Waals surface area contributed by atoms with Crippen LogP contribution < -0.4 is 4.74 Å². The van der Waals surface area contributed by atoms with Gasteiger partial charge in [-0.05, 0) is 41.9 Å². The van der Waals surface area contributed by atoms with E-state index in [2.05, 4.69) is 78.5 Å². The Hall–Kier alpha value is -1.10. The molecule has 1 N–H and O–H groups in total. The second-order valence-corrected chi connectivity index (χ2v) is 10.2. The lowest BCUT2D eigenvalue weighted by Gasteiger charge is -2.36. The van der Waals surface area contributed by atoms with Crippen LogP contribution in [-0.2, 0) is 15.6 Å². The molecule has 1 heterocycles. The molecule has 1 aliphatic rings. The first-order valence-corrected chi connectivity index (χ1v) is 10.2. The van der Waals surface area contributed by atoms with Gasteiger partial charge in [-0.25, -0.2) is 0 Å². The van der Waals surface area contributed by atoms with Crippen molar-refractivity contribution in [3.05, 3.63) is 29.3 Å². The Morgan fingerprint density at radius 1 is 1.07 bits per heavy atom. The molecular formula is C23H39NO3. The van der Waals surface area contributed by atoms with Crippen molar-refractivity contribution >= 4 is 0 Å². The highest BCUT2D eigenvalue weighted by Crippen LogP contribution is 2.35. The van der Waals surface area contributed by atoms with Crippen molar-refractivity contribution < 1.29 is 14.6 Å². The van der Waals surface area contributed by atoms with Crippen molar-refractivity contribution in [2.45, 2.75) is 84.5 Å². The zero-order valence-electron chi connectivity index (χ0n) is 18.5. The van der Waals surface area contributed by atoms with Gasteiger partial charge < -0.3 is 14.6 Å². The van der Waals surface area contributed by atoms with E-state index in [1.54, 1.807) is 0 Å². The number of rotatable bonds is 5. The van der Waals surface area contributed by atoms with Crippen LogP contribution in [0.25, 0.3) is 0 Å². The van der Waals surface area contributed by atoms with Gasteiger partial charge in [0.1, 0.15) is 18.5 Å². The first-order valence-electron chi connectivity index (χ1n) is 10.2. The lowest BCUT2D eigenvalue weighted by molar-refractivity contribution is -0.0787. The van der Waals surface area contributed by atoms with Gasteiger partial charge in [0, 0.05) is 19.6 Å². The molecule has 0 aromatic heterocycles. The number of nitrogens with zero attached hydrogens (tertiary/aromatic N) is 1. The molecule has 27 heavy (non-hydrogen) atoms. The number of benzene rings is 1. The highest BCUT2D eigenvalue weighted by Gasteiger charge is 2.26. The summed E-state index contributed by atoms with van der Waals surface area (Å²) in [5.74, 6) is 0.873. The maximum absolute atomic E-state index is 10.5. The number of aliphatic hydroxyl groups is 1. The highest BCUT2D eigenvalue weighted by atomic mass is 16.5. The van der Waals surface area contributed by atoms with E-state index in [0.29, 0.717) is 13.2 Å². The van der Waals surface area contributed by atoms with Gasteiger partial charge in [0.15, 0.2) is 0 Å². The molecule has 0 unspecified atom stereocenters. The van der Waals surface area contributed by atoms with Crippen LogP contribution in [0.2, 0.25) is 0 Å². The zero-order chi connectivity index (χ0) is 20.4. The van der Waals surface area contributed by atoms with E-state index in [4.69, 9.17) is 9.47 Å². The van der Waals surface area contributed by atoms with Crippen molar-refractivity contribution in [1.29, 1.82) is 0 Å². The smallest absolute Gasteiger partial charge is 0.123 e. The molecular weight excluding hydrogens is 338 g/mol. The van der Waals surface area contributed by atoms with Gasteiger partial charge in [-0.15, -0.1) is 0 Å². The molecule has 0 spiro atoms. The van der Waals surface area contributed by atoms with Gasteiger partial charge in [-0.3, -0.25) is 4.90 Å². The molecule has 0 amide bonds. The molecule has 1 aromatic rings. The summed E-state index contributed by atoms with van der Waals surface area (Å²) in [5, 5.41) is 10.5. The van der Waals surface area contributed by atoms with Crippen LogP contribution in [0.5, 0.6) is 5.75 Å². The zero-order valence-corrected chi connectivity index (χ0v) is 18.5. The summed E-state index contributed by atoms with van der Waals surface area (Å²) in [6.07, 6.45) is -0.101. The summed E-state index contributed by atoms with van der Waals surface area (Å²) in [5.41, 5.74) is 2.57. The van der Waals surface area contributed by atoms with E-state index in [9.17, 15) is 5.11 Å². The first kappa shape index (κ1) is 22.2. The van der Waals surface area contributed by atoms with Crippen LogP contribution in [0.4, 0.5) is 0 Å². The number of ether oxygens (including phenoxy) is 2. The Labute approximate surface area is 165 Å². The molecule has 154 valence electrons. The monoisotopic (exact) mass is 377 g/mol. The summed E-state index contributed by atoms with van der Waals surface area (Å²) in [6.45, 7) is 20.1. The summed E-state index contributed by atoms with van der Waals surface area (Å²) < 4.78 is 11.8. The molecule has 0 bridgehead atoms. The van der Waals surface area contributed by atoms with E-state index in [-0.39, 0.29) is 23.0 Å². The Morgan fingerprint density at radius 3 is 2.19 bits per heavy atom. The third kappa shape index (κ3) is 6.48. The molecule has 1 aromatic carbocycles. The van der Waals surface area contributed by atoms with Crippen molar-refractivity contribution in [1.82, 2.24) is 4.90 Å². The molecule has 3 atom stereocenters. The molecule has 1 fully saturated rings. The van der Waals surface area contributed by atoms with Gasteiger partial charge in [0.2, 0.25) is 0 Å². The molecule has 4 heteroatoms. The lowest BCUT2D eigenvalue weighted by Crippen LogP contribution is -2.48. The fourth-order valence-corrected chi connectivity index (χ4v) is 3.68. The number of β-amino-alcohol motifs (C(OH)–C–C–N with tert-alkyl or cyclic N) is 1. The van der Waals surface area contributed by atoms with Crippen molar-refractivity contribution in [3.8, 4) is 5.75 Å². The Bertz CT molecular complexity index is 605. The third-order valence-corrected chi connectivity index (χ3v) is 5.05. The van der Waals surface area contributed by atoms with Crippen LogP contribution >= 0.6 is 0 Å². The molecule has 0 aliphatic carbocycles. The SMILES string of the molecule is C[C@@H]1CN(C[C@@H](O)COc2ccc(C(C)(C)C)cc2C(C)(C)C)C[C@@H](C)O1. The van der Waals surface area contributed by atoms with E-state index in [1.165, 1.54) is 11.1 Å². The average molecular weight is 378 g/mol. The standard InChI is InChI=1S/C23H39NO3/c1-16-12-24(13-17(2)27-16)14-19(25)15-26-21-10-9-18(22(3,4)5)11-20(21)23(6,7)8/h9-11,16-17,19,25H,12-15H2,1-8H3/t16-,17-,19-/m1/s1. The predicted molar refractivity (Wildman–Crippen MR) is 112 cm³/mol. The Kier molecular flexibility index (Phi) is 6.99. The van der Waals surface area contributed by atoms with Gasteiger partial charge in [0.05, 0.1) is 12.2 Å². The minimum Gasteiger partial charge on any atom is -0.491 e. The van der Waals surface area contributed by atoms with Crippen LogP contribution in [0.15, 0.2) is 18.2 Å². The van der Waals surface area contributed by atoms with Gasteiger partial charge in [-0.1, -0.05) is 53.7 Å². The average Bonchev–Trinajstić information content (AvgIpc) is 2.50. The fourth-order valence-electron chi connectivity index (χ4n) is 3.68. The summed E-state index contributed by atoms with van der Waals surface area (Å²) in [7, 11) is 0. The topological polar surface area (TPSA) is 41.9 Å². The Morgan fingerprint density at radius 2 is 1.67 bits per heavy atom. The van der Waals surface area contributed by atoms with E-state index >= 15 is 0 Å². The normalized spacial score (nSPS) is 23.3. The van der Waals surface area contributed by atoms with Crippen molar-refractivity contribution in [2.75, 3.05) is 26.2 Å². The molecule has 1 saturated heterocycles. The first-order chi connectivity index (χ1) is 12.4. The number of hydrogen-bond acceptors (Lipinski definition) is 4. The third-order valence-electron chi connectivity index (χ3n) is 5.05. The number of morpholine rings is 1.